The number of hydrogen-bond donors (Lipinski definition) is 1. The molecule has 2 aromatic carbocycles. The lowest BCUT2D eigenvalue weighted by Gasteiger charge is -2.34. The molecule has 25 heavy (non-hydrogen) atoms. The van der Waals surface area contributed by atoms with Crippen LogP contribution in [0.1, 0.15) is 30.4 Å². The summed E-state index contributed by atoms with van der Waals surface area (Å²) in [5, 5.41) is 9.03. The maximum Gasteiger partial charge on any atom is 0.317 e. The highest BCUT2D eigenvalue weighted by Gasteiger charge is 2.24. The van der Waals surface area contributed by atoms with Gasteiger partial charge in [0.25, 0.3) is 0 Å². The maximum absolute atomic E-state index is 11.0. The van der Waals surface area contributed by atoms with Crippen LogP contribution in [0, 0.1) is 6.92 Å². The van der Waals surface area contributed by atoms with Crippen molar-refractivity contribution in [3.63, 3.8) is 0 Å². The molecular formula is C21H25NO3. The molecule has 0 amide bonds. The van der Waals surface area contributed by atoms with E-state index in [1.54, 1.807) is 0 Å². The number of nitrogens with zero attached hydrogens (tertiary/aromatic N) is 1. The SMILES string of the molecule is Cc1ccc(-c2ccc(COC3CCCCN3CC(=O)O)cc2)cc1. The van der Waals surface area contributed by atoms with E-state index in [0.29, 0.717) is 6.61 Å². The van der Waals surface area contributed by atoms with Crippen molar-refractivity contribution in [3.05, 3.63) is 59.7 Å². The number of aliphatic carboxylic acids is 1. The second-order valence-corrected chi connectivity index (χ2v) is 6.69. The Hall–Kier alpha value is -2.17. The molecule has 1 unspecified atom stereocenters. The van der Waals surface area contributed by atoms with Crippen LogP contribution in [-0.4, -0.2) is 35.3 Å². The first kappa shape index (κ1) is 17.6. The molecule has 4 nitrogen and oxygen atoms in total. The van der Waals surface area contributed by atoms with Gasteiger partial charge in [0.15, 0.2) is 0 Å². The largest absolute Gasteiger partial charge is 0.480 e. The number of rotatable bonds is 6. The number of carboxylic acids is 1. The Labute approximate surface area is 149 Å². The Kier molecular flexibility index (Phi) is 5.84. The fraction of sp³-hybridized carbons (Fsp3) is 0.381. The first-order chi connectivity index (χ1) is 12.1. The van der Waals surface area contributed by atoms with Gasteiger partial charge in [-0.2, -0.15) is 0 Å². The van der Waals surface area contributed by atoms with Crippen molar-refractivity contribution in [3.8, 4) is 11.1 Å². The highest BCUT2D eigenvalue weighted by atomic mass is 16.5. The number of benzene rings is 2. The predicted octanol–water partition coefficient (Wildman–Crippen LogP) is 4.08. The fourth-order valence-corrected chi connectivity index (χ4v) is 3.24. The molecule has 1 aliphatic rings. The molecular weight excluding hydrogens is 314 g/mol. The summed E-state index contributed by atoms with van der Waals surface area (Å²) in [6.07, 6.45) is 2.93. The lowest BCUT2D eigenvalue weighted by atomic mass is 10.0. The average Bonchev–Trinajstić information content (AvgIpc) is 2.62. The summed E-state index contributed by atoms with van der Waals surface area (Å²) in [6.45, 7) is 3.44. The quantitative estimate of drug-likeness (QED) is 0.862. The van der Waals surface area contributed by atoms with Gasteiger partial charge in [-0.3, -0.25) is 9.69 Å². The molecule has 3 rings (SSSR count). The lowest BCUT2D eigenvalue weighted by molar-refractivity contribution is -0.146. The predicted molar refractivity (Wildman–Crippen MR) is 98.3 cm³/mol. The second kappa shape index (κ2) is 8.28. The molecule has 1 aliphatic heterocycles. The third-order valence-electron chi connectivity index (χ3n) is 4.67. The van der Waals surface area contributed by atoms with Crippen LogP contribution in [0.15, 0.2) is 48.5 Å². The summed E-state index contributed by atoms with van der Waals surface area (Å²) < 4.78 is 6.01. The van der Waals surface area contributed by atoms with Gasteiger partial charge >= 0.3 is 5.97 Å². The molecule has 2 aromatic rings. The van der Waals surface area contributed by atoms with Gasteiger partial charge in [-0.1, -0.05) is 54.1 Å². The van der Waals surface area contributed by atoms with Crippen molar-refractivity contribution in [2.75, 3.05) is 13.1 Å². The van der Waals surface area contributed by atoms with Crippen LogP contribution in [-0.2, 0) is 16.1 Å². The number of hydrogen-bond acceptors (Lipinski definition) is 3. The first-order valence-corrected chi connectivity index (χ1v) is 8.85. The number of ether oxygens (including phenoxy) is 1. The highest BCUT2D eigenvalue weighted by molar-refractivity contribution is 5.69. The zero-order valence-corrected chi connectivity index (χ0v) is 14.6. The molecule has 0 aliphatic carbocycles. The van der Waals surface area contributed by atoms with Gasteiger partial charge in [-0.25, -0.2) is 0 Å². The molecule has 0 saturated carbocycles. The molecule has 1 heterocycles. The number of likely N-dealkylation sites (tertiary alicyclic amines) is 1. The van der Waals surface area contributed by atoms with E-state index in [-0.39, 0.29) is 12.8 Å². The summed E-state index contributed by atoms with van der Waals surface area (Å²) in [4.78, 5) is 12.9. The van der Waals surface area contributed by atoms with Crippen molar-refractivity contribution in [1.29, 1.82) is 0 Å². The summed E-state index contributed by atoms with van der Waals surface area (Å²) >= 11 is 0. The highest BCUT2D eigenvalue weighted by Crippen LogP contribution is 2.22. The standard InChI is InChI=1S/C21H25NO3/c1-16-5-9-18(10-6-16)19-11-7-17(8-12-19)15-25-20-4-2-3-13-22(20)14-21(23)24/h5-12,20H,2-4,13-15H2,1H3,(H,23,24). The second-order valence-electron chi connectivity index (χ2n) is 6.69. The molecule has 1 atom stereocenters. The number of carboxylic acid groups (broad SMARTS) is 1. The Morgan fingerprint density at radius 1 is 1.08 bits per heavy atom. The summed E-state index contributed by atoms with van der Waals surface area (Å²) in [5.74, 6) is -0.794. The van der Waals surface area contributed by atoms with Crippen molar-refractivity contribution >= 4 is 5.97 Å². The van der Waals surface area contributed by atoms with Crippen LogP contribution in [0.3, 0.4) is 0 Å². The fourth-order valence-electron chi connectivity index (χ4n) is 3.24. The normalized spacial score (nSPS) is 18.2. The van der Waals surface area contributed by atoms with Crippen molar-refractivity contribution < 1.29 is 14.6 Å². The Balaban J connectivity index is 1.59. The minimum atomic E-state index is -0.794. The van der Waals surface area contributed by atoms with E-state index in [9.17, 15) is 4.79 Å². The van der Waals surface area contributed by atoms with Gasteiger partial charge in [0.1, 0.15) is 6.23 Å². The zero-order chi connectivity index (χ0) is 17.6. The molecule has 0 radical (unpaired) electrons. The van der Waals surface area contributed by atoms with Gasteiger partial charge in [0.05, 0.1) is 13.2 Å². The van der Waals surface area contributed by atoms with E-state index in [4.69, 9.17) is 9.84 Å². The Bertz CT molecular complexity index is 694. The van der Waals surface area contributed by atoms with Crippen LogP contribution >= 0.6 is 0 Å². The van der Waals surface area contributed by atoms with Gasteiger partial charge in [0, 0.05) is 6.54 Å². The van der Waals surface area contributed by atoms with Crippen LogP contribution in [0.2, 0.25) is 0 Å². The molecule has 0 spiro atoms. The van der Waals surface area contributed by atoms with Gasteiger partial charge in [0.2, 0.25) is 0 Å². The minimum absolute atomic E-state index is 0.0526. The lowest BCUT2D eigenvalue weighted by Crippen LogP contribution is -2.43. The van der Waals surface area contributed by atoms with Crippen LogP contribution in [0.4, 0.5) is 0 Å². The monoisotopic (exact) mass is 339 g/mol. The van der Waals surface area contributed by atoms with Crippen LogP contribution in [0.5, 0.6) is 0 Å². The molecule has 132 valence electrons. The number of carbonyl (C=O) groups is 1. The topological polar surface area (TPSA) is 49.8 Å². The smallest absolute Gasteiger partial charge is 0.317 e. The molecule has 4 heteroatoms. The summed E-state index contributed by atoms with van der Waals surface area (Å²) in [7, 11) is 0. The Morgan fingerprint density at radius 2 is 1.72 bits per heavy atom. The molecule has 0 aromatic heterocycles. The van der Waals surface area contributed by atoms with E-state index in [1.807, 2.05) is 4.90 Å². The maximum atomic E-state index is 11.0. The zero-order valence-electron chi connectivity index (χ0n) is 14.6. The average molecular weight is 339 g/mol. The van der Waals surface area contributed by atoms with E-state index < -0.39 is 5.97 Å². The molecule has 1 saturated heterocycles. The minimum Gasteiger partial charge on any atom is -0.480 e. The third kappa shape index (κ3) is 4.91. The van der Waals surface area contributed by atoms with E-state index >= 15 is 0 Å². The Morgan fingerprint density at radius 3 is 2.36 bits per heavy atom. The van der Waals surface area contributed by atoms with E-state index in [1.165, 1.54) is 16.7 Å². The van der Waals surface area contributed by atoms with Gasteiger partial charge < -0.3 is 9.84 Å². The van der Waals surface area contributed by atoms with Gasteiger partial charge in [-0.15, -0.1) is 0 Å². The third-order valence-corrected chi connectivity index (χ3v) is 4.67. The number of piperidine rings is 1. The van der Waals surface area contributed by atoms with Crippen LogP contribution in [0.25, 0.3) is 11.1 Å². The molecule has 1 N–H and O–H groups in total. The van der Waals surface area contributed by atoms with E-state index in [0.717, 1.165) is 31.4 Å². The van der Waals surface area contributed by atoms with Crippen molar-refractivity contribution in [1.82, 2.24) is 4.90 Å². The van der Waals surface area contributed by atoms with Crippen molar-refractivity contribution in [2.24, 2.45) is 0 Å². The first-order valence-electron chi connectivity index (χ1n) is 8.85. The van der Waals surface area contributed by atoms with E-state index in [2.05, 4.69) is 55.5 Å². The molecule has 0 bridgehead atoms. The number of aryl methyl sites for hydroxylation is 1. The summed E-state index contributed by atoms with van der Waals surface area (Å²) in [5.41, 5.74) is 4.76. The van der Waals surface area contributed by atoms with Crippen molar-refractivity contribution in [2.45, 2.75) is 39.0 Å². The molecule has 1 fully saturated rings. The van der Waals surface area contributed by atoms with Crippen LogP contribution < -0.4 is 0 Å². The summed E-state index contributed by atoms with van der Waals surface area (Å²) in [6, 6.07) is 16.9. The van der Waals surface area contributed by atoms with Gasteiger partial charge in [-0.05, 0) is 42.9 Å².